The molecule has 0 saturated heterocycles. The highest BCUT2D eigenvalue weighted by molar-refractivity contribution is 9.10. The van der Waals surface area contributed by atoms with Gasteiger partial charge < -0.3 is 9.64 Å². The van der Waals surface area contributed by atoms with Gasteiger partial charge in [0.05, 0.1) is 15.4 Å². The van der Waals surface area contributed by atoms with Crippen LogP contribution in [0.5, 0.6) is 5.75 Å². The Morgan fingerprint density at radius 2 is 1.67 bits per heavy atom. The van der Waals surface area contributed by atoms with Crippen LogP contribution in [0.3, 0.4) is 0 Å². The molecule has 0 unspecified atom stereocenters. The molecular formula is C24H21BrCl2N2O3S. The van der Waals surface area contributed by atoms with E-state index >= 15 is 0 Å². The Kier molecular flexibility index (Phi) is 7.07. The second kappa shape index (κ2) is 9.68. The molecule has 1 heterocycles. The first-order chi connectivity index (χ1) is 15.7. The molecule has 0 aliphatic carbocycles. The maximum atomic E-state index is 14.0. The van der Waals surface area contributed by atoms with Crippen LogP contribution >= 0.6 is 39.1 Å². The zero-order chi connectivity index (χ0) is 23.8. The van der Waals surface area contributed by atoms with E-state index in [1.54, 1.807) is 30.3 Å². The number of halogens is 3. The van der Waals surface area contributed by atoms with Crippen LogP contribution in [0.25, 0.3) is 22.2 Å². The molecule has 3 aromatic carbocycles. The van der Waals surface area contributed by atoms with Gasteiger partial charge in [-0.15, -0.1) is 0 Å². The monoisotopic (exact) mass is 566 g/mol. The van der Waals surface area contributed by atoms with Crippen LogP contribution in [0.2, 0.25) is 10.0 Å². The van der Waals surface area contributed by atoms with E-state index < -0.39 is 10.0 Å². The van der Waals surface area contributed by atoms with Crippen LogP contribution in [-0.4, -0.2) is 44.5 Å². The molecule has 0 N–H and O–H groups in total. The SMILES string of the molecule is CN(C)CCOc1c(-c2ccccc2)n(S(=O)(=O)c2ccc(Br)cc2)c2c(Cl)cc(Cl)cc12. The van der Waals surface area contributed by atoms with Crippen molar-refractivity contribution in [2.45, 2.75) is 4.90 Å². The lowest BCUT2D eigenvalue weighted by Crippen LogP contribution is -2.19. The predicted octanol–water partition coefficient (Wildman–Crippen LogP) is 6.56. The van der Waals surface area contributed by atoms with Crippen molar-refractivity contribution in [1.82, 2.24) is 8.87 Å². The highest BCUT2D eigenvalue weighted by atomic mass is 79.9. The Labute approximate surface area is 211 Å². The van der Waals surface area contributed by atoms with Crippen molar-refractivity contribution in [2.24, 2.45) is 0 Å². The summed E-state index contributed by atoms with van der Waals surface area (Å²) in [5.74, 6) is 0.420. The molecule has 0 amide bonds. The van der Waals surface area contributed by atoms with Gasteiger partial charge in [0, 0.05) is 27.0 Å². The molecule has 5 nitrogen and oxygen atoms in total. The van der Waals surface area contributed by atoms with Crippen molar-refractivity contribution < 1.29 is 13.2 Å². The Morgan fingerprint density at radius 1 is 1.00 bits per heavy atom. The van der Waals surface area contributed by atoms with E-state index in [9.17, 15) is 8.42 Å². The molecule has 0 aliphatic rings. The first kappa shape index (κ1) is 24.1. The average molecular weight is 568 g/mol. The summed E-state index contributed by atoms with van der Waals surface area (Å²) in [6.07, 6.45) is 0. The third-order valence-electron chi connectivity index (χ3n) is 5.08. The lowest BCUT2D eigenvalue weighted by molar-refractivity contribution is 0.264. The molecule has 0 aliphatic heterocycles. The number of aromatic nitrogens is 1. The fourth-order valence-corrected chi connectivity index (χ4v) is 6.00. The fourth-order valence-electron chi connectivity index (χ4n) is 3.55. The number of benzene rings is 3. The van der Waals surface area contributed by atoms with Gasteiger partial charge in [0.15, 0.2) is 5.75 Å². The minimum atomic E-state index is -4.04. The molecule has 4 rings (SSSR count). The highest BCUT2D eigenvalue weighted by Gasteiger charge is 2.30. The number of fused-ring (bicyclic) bond motifs is 1. The van der Waals surface area contributed by atoms with E-state index in [1.165, 1.54) is 10.0 Å². The Bertz CT molecular complexity index is 1400. The molecule has 172 valence electrons. The Morgan fingerprint density at radius 3 is 2.30 bits per heavy atom. The maximum Gasteiger partial charge on any atom is 0.268 e. The number of ether oxygens (including phenoxy) is 1. The number of hydrogen-bond donors (Lipinski definition) is 0. The third-order valence-corrected chi connectivity index (χ3v) is 7.83. The highest BCUT2D eigenvalue weighted by Crippen LogP contribution is 2.45. The smallest absolute Gasteiger partial charge is 0.268 e. The van der Waals surface area contributed by atoms with E-state index in [0.717, 1.165) is 4.47 Å². The van der Waals surface area contributed by atoms with Gasteiger partial charge in [-0.05, 0) is 50.5 Å². The molecule has 0 fully saturated rings. The summed E-state index contributed by atoms with van der Waals surface area (Å²) in [5, 5.41) is 1.14. The van der Waals surface area contributed by atoms with Crippen molar-refractivity contribution in [3.63, 3.8) is 0 Å². The van der Waals surface area contributed by atoms with Gasteiger partial charge in [-0.25, -0.2) is 12.4 Å². The first-order valence-corrected chi connectivity index (χ1v) is 13.1. The van der Waals surface area contributed by atoms with Gasteiger partial charge >= 0.3 is 0 Å². The van der Waals surface area contributed by atoms with Crippen molar-refractivity contribution in [3.8, 4) is 17.0 Å². The summed E-state index contributed by atoms with van der Waals surface area (Å²) in [5.41, 5.74) is 1.40. The molecule has 0 radical (unpaired) electrons. The van der Waals surface area contributed by atoms with Crippen LogP contribution in [0.1, 0.15) is 0 Å². The lowest BCUT2D eigenvalue weighted by Gasteiger charge is -2.15. The summed E-state index contributed by atoms with van der Waals surface area (Å²) in [6, 6.07) is 19.0. The minimum Gasteiger partial charge on any atom is -0.489 e. The molecule has 1 aromatic heterocycles. The molecular weight excluding hydrogens is 547 g/mol. The van der Waals surface area contributed by atoms with Crippen LogP contribution in [0.15, 0.2) is 76.1 Å². The zero-order valence-electron chi connectivity index (χ0n) is 17.9. The van der Waals surface area contributed by atoms with E-state index in [4.69, 9.17) is 27.9 Å². The molecule has 0 bridgehead atoms. The number of rotatable bonds is 7. The van der Waals surface area contributed by atoms with Gasteiger partial charge in [0.1, 0.15) is 12.3 Å². The van der Waals surface area contributed by atoms with Gasteiger partial charge in [-0.2, -0.15) is 0 Å². The normalized spacial score (nSPS) is 11.9. The lowest BCUT2D eigenvalue weighted by atomic mass is 10.1. The van der Waals surface area contributed by atoms with Crippen LogP contribution in [0.4, 0.5) is 0 Å². The largest absolute Gasteiger partial charge is 0.489 e. The summed E-state index contributed by atoms with van der Waals surface area (Å²) >= 11 is 16.3. The molecule has 33 heavy (non-hydrogen) atoms. The second-order valence-corrected chi connectivity index (χ2v) is 11.2. The van der Waals surface area contributed by atoms with Crippen molar-refractivity contribution in [2.75, 3.05) is 27.2 Å². The Balaban J connectivity index is 2.09. The average Bonchev–Trinajstić information content (AvgIpc) is 3.10. The predicted molar refractivity (Wildman–Crippen MR) is 138 cm³/mol. The third kappa shape index (κ3) is 4.79. The van der Waals surface area contributed by atoms with Gasteiger partial charge in [-0.1, -0.05) is 69.5 Å². The summed E-state index contributed by atoms with van der Waals surface area (Å²) in [6.45, 7) is 1.00. The number of nitrogens with zero attached hydrogens (tertiary/aromatic N) is 2. The zero-order valence-corrected chi connectivity index (χ0v) is 21.8. The van der Waals surface area contributed by atoms with E-state index in [2.05, 4.69) is 15.9 Å². The quantitative estimate of drug-likeness (QED) is 0.254. The Hall–Kier alpha value is -2.03. The van der Waals surface area contributed by atoms with Crippen molar-refractivity contribution >= 4 is 60.1 Å². The van der Waals surface area contributed by atoms with Crippen LogP contribution in [-0.2, 0) is 10.0 Å². The van der Waals surface area contributed by atoms with Gasteiger partial charge in [0.25, 0.3) is 10.0 Å². The summed E-state index contributed by atoms with van der Waals surface area (Å²) < 4.78 is 36.2. The van der Waals surface area contributed by atoms with Crippen molar-refractivity contribution in [3.05, 3.63) is 81.2 Å². The molecule has 4 aromatic rings. The van der Waals surface area contributed by atoms with Crippen molar-refractivity contribution in [1.29, 1.82) is 0 Å². The summed E-state index contributed by atoms with van der Waals surface area (Å²) in [4.78, 5) is 2.12. The van der Waals surface area contributed by atoms with Gasteiger partial charge in [0.2, 0.25) is 0 Å². The van der Waals surface area contributed by atoms with E-state index in [1.807, 2.05) is 49.3 Å². The first-order valence-electron chi connectivity index (χ1n) is 10.1. The number of hydrogen-bond acceptors (Lipinski definition) is 4. The fraction of sp³-hybridized carbons (Fsp3) is 0.167. The standard InChI is InChI=1S/C24H21BrCl2N2O3S/c1-28(2)12-13-32-24-20-14-18(26)15-21(27)23(20)29(22(24)16-6-4-3-5-7-16)33(30,31)19-10-8-17(25)9-11-19/h3-11,14-15H,12-13H2,1-2H3. The maximum absolute atomic E-state index is 14.0. The van der Waals surface area contributed by atoms with Gasteiger partial charge in [-0.3, -0.25) is 0 Å². The topological polar surface area (TPSA) is 51.5 Å². The molecule has 0 saturated carbocycles. The van der Waals surface area contributed by atoms with E-state index in [0.29, 0.717) is 46.1 Å². The molecule has 0 spiro atoms. The molecule has 0 atom stereocenters. The molecule has 9 heteroatoms. The van der Waals surface area contributed by atoms with Crippen LogP contribution in [0, 0.1) is 0 Å². The second-order valence-electron chi connectivity index (χ2n) is 7.70. The summed E-state index contributed by atoms with van der Waals surface area (Å²) in [7, 11) is -0.157. The number of likely N-dealkylation sites (N-methyl/N-ethyl adjacent to an activating group) is 1. The van der Waals surface area contributed by atoms with E-state index in [-0.39, 0.29) is 9.92 Å². The minimum absolute atomic E-state index is 0.130. The van der Waals surface area contributed by atoms with Crippen LogP contribution < -0.4 is 4.74 Å².